The topological polar surface area (TPSA) is 114 Å². The number of halogens is 1. The van der Waals surface area contributed by atoms with E-state index in [9.17, 15) is 19.2 Å². The molecule has 0 aliphatic carbocycles. The lowest BCUT2D eigenvalue weighted by Crippen LogP contribution is -2.51. The summed E-state index contributed by atoms with van der Waals surface area (Å²) in [5.74, 6) is -1.85. The molecule has 2 aromatic rings. The van der Waals surface area contributed by atoms with Crippen LogP contribution in [0.5, 0.6) is 5.75 Å². The first-order valence-electron chi connectivity index (χ1n) is 8.08. The number of carbonyl (C=O) groups is 4. The minimum Gasteiger partial charge on any atom is -0.483 e. The van der Waals surface area contributed by atoms with Crippen molar-refractivity contribution in [3.63, 3.8) is 0 Å². The Morgan fingerprint density at radius 3 is 2.39 bits per heavy atom. The van der Waals surface area contributed by atoms with Crippen LogP contribution in [0.2, 0.25) is 5.02 Å². The van der Waals surface area contributed by atoms with Crippen LogP contribution in [0, 0.1) is 0 Å². The van der Waals surface area contributed by atoms with E-state index >= 15 is 0 Å². The number of benzene rings is 2. The summed E-state index contributed by atoms with van der Waals surface area (Å²) < 4.78 is 5.51. The average Bonchev–Trinajstić information content (AvgIpc) is 2.64. The molecule has 1 saturated heterocycles. The molecule has 0 spiro atoms. The van der Waals surface area contributed by atoms with Crippen LogP contribution in [-0.4, -0.2) is 30.4 Å². The van der Waals surface area contributed by atoms with Gasteiger partial charge in [0.15, 0.2) is 6.61 Å². The third kappa shape index (κ3) is 4.74. The van der Waals surface area contributed by atoms with Gasteiger partial charge in [-0.25, -0.2) is 4.79 Å². The summed E-state index contributed by atoms with van der Waals surface area (Å²) in [7, 11) is 0. The second kappa shape index (κ2) is 8.36. The van der Waals surface area contributed by atoms with Gasteiger partial charge in [0.2, 0.25) is 0 Å². The van der Waals surface area contributed by atoms with Gasteiger partial charge in [0.1, 0.15) is 11.3 Å². The number of para-hydroxylation sites is 1. The van der Waals surface area contributed by atoms with Crippen LogP contribution >= 0.6 is 11.6 Å². The van der Waals surface area contributed by atoms with E-state index in [1.807, 2.05) is 16.7 Å². The molecule has 0 radical (unpaired) electrons. The zero-order valence-electron chi connectivity index (χ0n) is 14.3. The van der Waals surface area contributed by atoms with Crippen LogP contribution in [0.15, 0.2) is 54.1 Å². The van der Waals surface area contributed by atoms with Crippen LogP contribution in [0.25, 0.3) is 6.08 Å². The minimum atomic E-state index is -0.896. The molecule has 3 N–H and O–H groups in total. The Balaban J connectivity index is 1.76. The number of urea groups is 1. The van der Waals surface area contributed by atoms with Gasteiger partial charge in [-0.3, -0.25) is 25.0 Å². The van der Waals surface area contributed by atoms with Crippen molar-refractivity contribution >= 4 is 47.1 Å². The number of barbiturate groups is 1. The van der Waals surface area contributed by atoms with Crippen molar-refractivity contribution in [3.8, 4) is 5.75 Å². The number of hydrogen-bond donors (Lipinski definition) is 3. The maximum atomic E-state index is 12.1. The lowest BCUT2D eigenvalue weighted by atomic mass is 10.1. The second-order valence-corrected chi connectivity index (χ2v) is 6.12. The molecular formula is C19H14ClN3O5. The number of carbonyl (C=O) groups excluding carboxylic acids is 4. The number of hydrogen-bond acceptors (Lipinski definition) is 5. The Kier molecular flexibility index (Phi) is 5.71. The first-order valence-corrected chi connectivity index (χ1v) is 8.46. The van der Waals surface area contributed by atoms with Gasteiger partial charge >= 0.3 is 6.03 Å². The van der Waals surface area contributed by atoms with Crippen molar-refractivity contribution < 1.29 is 23.9 Å². The summed E-state index contributed by atoms with van der Waals surface area (Å²) >= 11 is 5.98. The highest BCUT2D eigenvalue weighted by atomic mass is 35.5. The average molecular weight is 400 g/mol. The molecule has 142 valence electrons. The molecule has 8 nitrogen and oxygen atoms in total. The first kappa shape index (κ1) is 19.1. The first-order chi connectivity index (χ1) is 13.4. The van der Waals surface area contributed by atoms with Gasteiger partial charge in [-0.1, -0.05) is 29.8 Å². The SMILES string of the molecule is O=C(COc1ccc(Cl)cc1C=C1C(=O)NC(=O)NC1=O)Nc1ccccc1. The Morgan fingerprint density at radius 1 is 1.04 bits per heavy atom. The number of nitrogens with one attached hydrogen (secondary N) is 3. The summed E-state index contributed by atoms with van der Waals surface area (Å²) in [6.45, 7) is -0.302. The highest BCUT2D eigenvalue weighted by molar-refractivity contribution is 6.32. The quantitative estimate of drug-likeness (QED) is 0.526. The second-order valence-electron chi connectivity index (χ2n) is 5.68. The van der Waals surface area contributed by atoms with Crippen molar-refractivity contribution in [2.24, 2.45) is 0 Å². The number of imide groups is 2. The minimum absolute atomic E-state index is 0.234. The van der Waals surface area contributed by atoms with Crippen LogP contribution in [-0.2, 0) is 14.4 Å². The normalized spacial score (nSPS) is 13.5. The molecule has 0 atom stereocenters. The Hall–Kier alpha value is -3.65. The fourth-order valence-electron chi connectivity index (χ4n) is 2.39. The lowest BCUT2D eigenvalue weighted by molar-refractivity contribution is -0.124. The van der Waals surface area contributed by atoms with Gasteiger partial charge in [0.05, 0.1) is 0 Å². The van der Waals surface area contributed by atoms with Gasteiger partial charge in [0, 0.05) is 16.3 Å². The van der Waals surface area contributed by atoms with E-state index in [0.29, 0.717) is 16.3 Å². The van der Waals surface area contributed by atoms with Gasteiger partial charge < -0.3 is 10.1 Å². The molecule has 0 unspecified atom stereocenters. The van der Waals surface area contributed by atoms with Crippen molar-refractivity contribution in [2.45, 2.75) is 0 Å². The number of ether oxygens (including phenoxy) is 1. The van der Waals surface area contributed by atoms with Crippen LogP contribution < -0.4 is 20.7 Å². The van der Waals surface area contributed by atoms with E-state index in [1.165, 1.54) is 18.2 Å². The molecule has 0 bridgehead atoms. The number of amides is 5. The molecule has 9 heteroatoms. The van der Waals surface area contributed by atoms with Crippen LogP contribution in [0.4, 0.5) is 10.5 Å². The number of rotatable bonds is 5. The monoisotopic (exact) mass is 399 g/mol. The summed E-state index contributed by atoms with van der Waals surface area (Å²) in [6.07, 6.45) is 1.23. The fraction of sp³-hybridized carbons (Fsp3) is 0.0526. The molecule has 2 aromatic carbocycles. The van der Waals surface area contributed by atoms with Crippen LogP contribution in [0.1, 0.15) is 5.56 Å². The molecular weight excluding hydrogens is 386 g/mol. The maximum Gasteiger partial charge on any atom is 0.328 e. The molecule has 28 heavy (non-hydrogen) atoms. The summed E-state index contributed by atoms with van der Waals surface area (Å²) in [5.41, 5.74) is 0.630. The van der Waals surface area contributed by atoms with Crippen LogP contribution in [0.3, 0.4) is 0 Å². The third-order valence-electron chi connectivity index (χ3n) is 3.63. The summed E-state index contributed by atoms with van der Waals surface area (Å²) in [4.78, 5) is 47.0. The van der Waals surface area contributed by atoms with Crippen molar-refractivity contribution in [1.29, 1.82) is 0 Å². The Bertz CT molecular complexity index is 966. The van der Waals surface area contributed by atoms with Crippen molar-refractivity contribution in [2.75, 3.05) is 11.9 Å². The predicted molar refractivity (Wildman–Crippen MR) is 102 cm³/mol. The molecule has 1 fully saturated rings. The molecule has 5 amide bonds. The standard InChI is InChI=1S/C19H14ClN3O5/c20-12-6-7-15(28-10-16(24)21-13-4-2-1-3-5-13)11(8-12)9-14-17(25)22-19(27)23-18(14)26/h1-9H,10H2,(H,21,24)(H2,22,23,25,26,27). The molecule has 1 heterocycles. The Labute approximate surface area is 164 Å². The zero-order valence-corrected chi connectivity index (χ0v) is 15.1. The third-order valence-corrected chi connectivity index (χ3v) is 3.87. The van der Waals surface area contributed by atoms with E-state index in [0.717, 1.165) is 0 Å². The molecule has 1 aliphatic rings. The predicted octanol–water partition coefficient (Wildman–Crippen LogP) is 2.11. The van der Waals surface area contributed by atoms with Gasteiger partial charge in [-0.15, -0.1) is 0 Å². The highest BCUT2D eigenvalue weighted by Crippen LogP contribution is 2.26. The van der Waals surface area contributed by atoms with Crippen molar-refractivity contribution in [1.82, 2.24) is 10.6 Å². The molecule has 1 aliphatic heterocycles. The van der Waals surface area contributed by atoms with Gasteiger partial charge in [-0.05, 0) is 36.4 Å². The smallest absolute Gasteiger partial charge is 0.328 e. The van der Waals surface area contributed by atoms with E-state index < -0.39 is 23.8 Å². The van der Waals surface area contributed by atoms with Gasteiger partial charge in [0.25, 0.3) is 17.7 Å². The summed E-state index contributed by atoms with van der Waals surface area (Å²) in [5, 5.41) is 6.96. The van der Waals surface area contributed by atoms with Crippen molar-refractivity contribution in [3.05, 3.63) is 64.7 Å². The molecule has 0 aromatic heterocycles. The van der Waals surface area contributed by atoms with E-state index in [1.54, 1.807) is 30.3 Å². The highest BCUT2D eigenvalue weighted by Gasteiger charge is 2.28. The molecule has 3 rings (SSSR count). The largest absolute Gasteiger partial charge is 0.483 e. The van der Waals surface area contributed by atoms with E-state index in [2.05, 4.69) is 5.32 Å². The lowest BCUT2D eigenvalue weighted by Gasteiger charge is -2.15. The maximum absolute atomic E-state index is 12.1. The van der Waals surface area contributed by atoms with Gasteiger partial charge in [-0.2, -0.15) is 0 Å². The van der Waals surface area contributed by atoms with E-state index in [4.69, 9.17) is 16.3 Å². The Morgan fingerprint density at radius 2 is 1.71 bits per heavy atom. The number of anilines is 1. The molecule has 0 saturated carbocycles. The van der Waals surface area contributed by atoms with E-state index in [-0.39, 0.29) is 17.9 Å². The zero-order chi connectivity index (χ0) is 20.1. The summed E-state index contributed by atoms with van der Waals surface area (Å²) in [6, 6.07) is 12.5. The fourth-order valence-corrected chi connectivity index (χ4v) is 2.57.